The van der Waals surface area contributed by atoms with E-state index in [1.165, 1.54) is 16.9 Å². The third kappa shape index (κ3) is 1.02. The quantitative estimate of drug-likeness (QED) is 0.626. The summed E-state index contributed by atoms with van der Waals surface area (Å²) in [7, 11) is 0. The molecular weight excluding hydrogens is 170 g/mol. The van der Waals surface area contributed by atoms with Gasteiger partial charge in [0.2, 0.25) is 0 Å². The van der Waals surface area contributed by atoms with Crippen molar-refractivity contribution in [2.24, 2.45) is 0 Å². The van der Waals surface area contributed by atoms with Crippen LogP contribution in [0.25, 0.3) is 10.2 Å². The van der Waals surface area contributed by atoms with E-state index in [-0.39, 0.29) is 0 Å². The fourth-order valence-electron chi connectivity index (χ4n) is 1.15. The van der Waals surface area contributed by atoms with E-state index in [0.717, 1.165) is 16.5 Å². The first-order valence-corrected chi connectivity index (χ1v) is 4.44. The number of aldehydes is 1. The minimum atomic E-state index is 0.555. The number of nitrogens with zero attached hydrogens (tertiary/aromatic N) is 1. The summed E-state index contributed by atoms with van der Waals surface area (Å²) in [5.74, 6) is 0. The fourth-order valence-corrected chi connectivity index (χ4v) is 2.00. The SMILES string of the molecule is Cc1cccc2nc(C=O)sc12. The second-order valence-electron chi connectivity index (χ2n) is 2.59. The van der Waals surface area contributed by atoms with Gasteiger partial charge in [-0.2, -0.15) is 0 Å². The summed E-state index contributed by atoms with van der Waals surface area (Å²) >= 11 is 1.44. The molecule has 0 bridgehead atoms. The van der Waals surface area contributed by atoms with Crippen molar-refractivity contribution in [1.29, 1.82) is 0 Å². The molecule has 0 aliphatic rings. The van der Waals surface area contributed by atoms with Crippen LogP contribution in [0.4, 0.5) is 0 Å². The van der Waals surface area contributed by atoms with Gasteiger partial charge in [0.25, 0.3) is 0 Å². The lowest BCUT2D eigenvalue weighted by atomic mass is 10.2. The smallest absolute Gasteiger partial charge is 0.178 e. The Morgan fingerprint density at radius 3 is 3.00 bits per heavy atom. The predicted molar refractivity (Wildman–Crippen MR) is 49.7 cm³/mol. The van der Waals surface area contributed by atoms with Gasteiger partial charge in [-0.3, -0.25) is 4.79 Å². The number of hydrogen-bond donors (Lipinski definition) is 0. The third-order valence-corrected chi connectivity index (χ3v) is 2.86. The lowest BCUT2D eigenvalue weighted by molar-refractivity contribution is 0.112. The Hall–Kier alpha value is -1.22. The van der Waals surface area contributed by atoms with Crippen LogP contribution in [0.2, 0.25) is 0 Å². The largest absolute Gasteiger partial charge is 0.295 e. The Balaban J connectivity index is 2.82. The average Bonchev–Trinajstić information content (AvgIpc) is 2.49. The molecule has 60 valence electrons. The van der Waals surface area contributed by atoms with Crippen LogP contribution >= 0.6 is 11.3 Å². The molecule has 1 aromatic carbocycles. The molecule has 12 heavy (non-hydrogen) atoms. The summed E-state index contributed by atoms with van der Waals surface area (Å²) < 4.78 is 1.11. The molecule has 1 aromatic heterocycles. The van der Waals surface area contributed by atoms with E-state index < -0.39 is 0 Å². The number of carbonyl (C=O) groups is 1. The standard InChI is InChI=1S/C9H7NOS/c1-6-3-2-4-7-9(6)12-8(5-11)10-7/h2-5H,1H3. The molecule has 0 atom stereocenters. The second-order valence-corrected chi connectivity index (χ2v) is 3.62. The van der Waals surface area contributed by atoms with Crippen molar-refractivity contribution in [2.75, 3.05) is 0 Å². The first-order chi connectivity index (χ1) is 5.81. The van der Waals surface area contributed by atoms with Gasteiger partial charge in [0.15, 0.2) is 11.3 Å². The van der Waals surface area contributed by atoms with Crippen LogP contribution in [0.1, 0.15) is 15.4 Å². The summed E-state index contributed by atoms with van der Waals surface area (Å²) in [5, 5.41) is 0.555. The maximum absolute atomic E-state index is 10.4. The summed E-state index contributed by atoms with van der Waals surface area (Å²) in [6.45, 7) is 2.02. The normalized spacial score (nSPS) is 10.4. The molecule has 0 saturated carbocycles. The van der Waals surface area contributed by atoms with Gasteiger partial charge in [-0.05, 0) is 18.6 Å². The van der Waals surface area contributed by atoms with Crippen molar-refractivity contribution in [1.82, 2.24) is 4.98 Å². The number of rotatable bonds is 1. The summed E-state index contributed by atoms with van der Waals surface area (Å²) in [6.07, 6.45) is 0.796. The third-order valence-electron chi connectivity index (χ3n) is 1.73. The van der Waals surface area contributed by atoms with Gasteiger partial charge < -0.3 is 0 Å². The van der Waals surface area contributed by atoms with Crippen LogP contribution in [0.5, 0.6) is 0 Å². The van der Waals surface area contributed by atoms with E-state index >= 15 is 0 Å². The van der Waals surface area contributed by atoms with E-state index in [1.54, 1.807) is 0 Å². The Bertz CT molecular complexity index is 433. The number of fused-ring (bicyclic) bond motifs is 1. The van der Waals surface area contributed by atoms with E-state index in [1.807, 2.05) is 25.1 Å². The highest BCUT2D eigenvalue weighted by molar-refractivity contribution is 7.20. The molecule has 0 saturated heterocycles. The molecule has 1 heterocycles. The van der Waals surface area contributed by atoms with Crippen molar-refractivity contribution in [3.05, 3.63) is 28.8 Å². The summed E-state index contributed by atoms with van der Waals surface area (Å²) in [5.41, 5.74) is 2.10. The molecule has 3 heteroatoms. The van der Waals surface area contributed by atoms with Gasteiger partial charge in [0, 0.05) is 0 Å². The van der Waals surface area contributed by atoms with Crippen LogP contribution in [0.15, 0.2) is 18.2 Å². The molecule has 2 nitrogen and oxygen atoms in total. The van der Waals surface area contributed by atoms with Crippen LogP contribution < -0.4 is 0 Å². The molecule has 0 N–H and O–H groups in total. The van der Waals surface area contributed by atoms with Crippen LogP contribution in [0.3, 0.4) is 0 Å². The van der Waals surface area contributed by atoms with E-state index in [4.69, 9.17) is 0 Å². The topological polar surface area (TPSA) is 30.0 Å². The molecule has 2 aromatic rings. The number of carbonyl (C=O) groups excluding carboxylic acids is 1. The number of aryl methyl sites for hydroxylation is 1. The first-order valence-electron chi connectivity index (χ1n) is 3.62. The van der Waals surface area contributed by atoms with Gasteiger partial charge in [-0.25, -0.2) is 4.98 Å². The van der Waals surface area contributed by atoms with Crippen LogP contribution in [0, 0.1) is 6.92 Å². The van der Waals surface area contributed by atoms with E-state index in [9.17, 15) is 4.79 Å². The first kappa shape index (κ1) is 7.43. The monoisotopic (exact) mass is 177 g/mol. The Labute approximate surface area is 73.9 Å². The van der Waals surface area contributed by atoms with Crippen molar-refractivity contribution in [3.8, 4) is 0 Å². The van der Waals surface area contributed by atoms with E-state index in [2.05, 4.69) is 4.98 Å². The molecule has 0 radical (unpaired) electrons. The molecule has 0 unspecified atom stereocenters. The zero-order valence-electron chi connectivity index (χ0n) is 6.57. The Morgan fingerprint density at radius 2 is 2.33 bits per heavy atom. The Morgan fingerprint density at radius 1 is 1.50 bits per heavy atom. The molecule has 2 rings (SSSR count). The lowest BCUT2D eigenvalue weighted by Gasteiger charge is -1.90. The number of hydrogen-bond acceptors (Lipinski definition) is 3. The number of thiazole rings is 1. The minimum Gasteiger partial charge on any atom is -0.295 e. The highest BCUT2D eigenvalue weighted by Gasteiger charge is 2.03. The maximum Gasteiger partial charge on any atom is 0.178 e. The molecule has 0 fully saturated rings. The second kappa shape index (κ2) is 2.68. The number of benzene rings is 1. The Kier molecular flexibility index (Phi) is 1.66. The van der Waals surface area contributed by atoms with Crippen molar-refractivity contribution >= 4 is 27.8 Å². The zero-order valence-corrected chi connectivity index (χ0v) is 7.39. The zero-order chi connectivity index (χ0) is 8.55. The molecule has 0 aliphatic heterocycles. The highest BCUT2D eigenvalue weighted by atomic mass is 32.1. The molecule has 0 spiro atoms. The van der Waals surface area contributed by atoms with E-state index in [0.29, 0.717) is 5.01 Å². The fraction of sp³-hybridized carbons (Fsp3) is 0.111. The molecular formula is C9H7NOS. The summed E-state index contributed by atoms with van der Waals surface area (Å²) in [4.78, 5) is 14.6. The lowest BCUT2D eigenvalue weighted by Crippen LogP contribution is -1.73. The molecule has 0 amide bonds. The van der Waals surface area contributed by atoms with Gasteiger partial charge in [0.05, 0.1) is 10.2 Å². The van der Waals surface area contributed by atoms with Gasteiger partial charge in [-0.15, -0.1) is 11.3 Å². The maximum atomic E-state index is 10.4. The van der Waals surface area contributed by atoms with Crippen molar-refractivity contribution in [2.45, 2.75) is 6.92 Å². The predicted octanol–water partition coefficient (Wildman–Crippen LogP) is 2.42. The van der Waals surface area contributed by atoms with Crippen LogP contribution in [-0.2, 0) is 0 Å². The van der Waals surface area contributed by atoms with Crippen molar-refractivity contribution < 1.29 is 4.79 Å². The average molecular weight is 177 g/mol. The summed E-state index contributed by atoms with van der Waals surface area (Å²) in [6, 6.07) is 5.90. The van der Waals surface area contributed by atoms with Crippen LogP contribution in [-0.4, -0.2) is 11.3 Å². The molecule has 0 aliphatic carbocycles. The highest BCUT2D eigenvalue weighted by Crippen LogP contribution is 2.23. The minimum absolute atomic E-state index is 0.555. The van der Waals surface area contributed by atoms with Gasteiger partial charge in [0.1, 0.15) is 0 Å². The number of aromatic nitrogens is 1. The van der Waals surface area contributed by atoms with Crippen molar-refractivity contribution in [3.63, 3.8) is 0 Å². The van der Waals surface area contributed by atoms with Gasteiger partial charge >= 0.3 is 0 Å². The van der Waals surface area contributed by atoms with Gasteiger partial charge in [-0.1, -0.05) is 12.1 Å².